The van der Waals surface area contributed by atoms with Crippen LogP contribution in [0.4, 0.5) is 0 Å². The van der Waals surface area contributed by atoms with Crippen molar-refractivity contribution in [3.05, 3.63) is 64.2 Å². The summed E-state index contributed by atoms with van der Waals surface area (Å²) in [6, 6.07) is 12.4. The van der Waals surface area contributed by atoms with Gasteiger partial charge < -0.3 is 16.2 Å². The lowest BCUT2D eigenvalue weighted by molar-refractivity contribution is 0.1000. The van der Waals surface area contributed by atoms with E-state index in [1.807, 2.05) is 24.3 Å². The Labute approximate surface area is 122 Å². The van der Waals surface area contributed by atoms with Gasteiger partial charge in [-0.25, -0.2) is 0 Å². The number of rotatable bonds is 5. The molecule has 0 fully saturated rings. The molecule has 0 aromatic heterocycles. The molecule has 2 rings (SSSR count). The van der Waals surface area contributed by atoms with Crippen molar-refractivity contribution in [3.63, 3.8) is 0 Å². The highest BCUT2D eigenvalue weighted by Crippen LogP contribution is 2.21. The van der Waals surface area contributed by atoms with Gasteiger partial charge in [-0.05, 0) is 29.8 Å². The van der Waals surface area contributed by atoms with Gasteiger partial charge in [-0.3, -0.25) is 4.79 Å². The predicted molar refractivity (Wildman–Crippen MR) is 78.6 cm³/mol. The molecular formula is C15H15ClN2O2. The normalized spacial score (nSPS) is 10.3. The van der Waals surface area contributed by atoms with E-state index in [2.05, 4.69) is 0 Å². The second kappa shape index (κ2) is 6.41. The summed E-state index contributed by atoms with van der Waals surface area (Å²) in [6.45, 7) is 0.775. The van der Waals surface area contributed by atoms with E-state index in [0.717, 1.165) is 16.9 Å². The number of halogens is 1. The summed E-state index contributed by atoms with van der Waals surface area (Å²) in [5, 5.41) is 0.455. The fraction of sp³-hybridized carbons (Fsp3) is 0.133. The Morgan fingerprint density at radius 2 is 2.00 bits per heavy atom. The van der Waals surface area contributed by atoms with E-state index in [0.29, 0.717) is 23.7 Å². The molecule has 0 aliphatic rings. The molecule has 20 heavy (non-hydrogen) atoms. The summed E-state index contributed by atoms with van der Waals surface area (Å²) in [4.78, 5) is 11.0. The maximum Gasteiger partial charge on any atom is 0.248 e. The standard InChI is InChI=1S/C15H15ClN2O2/c16-14-7-11(15(18)19)4-5-12(14)9-20-13-3-1-2-10(6-13)8-17/h1-7H,8-9,17H2,(H2,18,19). The van der Waals surface area contributed by atoms with Crippen molar-refractivity contribution < 1.29 is 9.53 Å². The Kier molecular flexibility index (Phi) is 4.61. The lowest BCUT2D eigenvalue weighted by Crippen LogP contribution is -2.11. The van der Waals surface area contributed by atoms with Gasteiger partial charge in [0.2, 0.25) is 5.91 Å². The van der Waals surface area contributed by atoms with Gasteiger partial charge in [0.25, 0.3) is 0 Å². The first-order valence-corrected chi connectivity index (χ1v) is 6.48. The molecule has 0 spiro atoms. The fourth-order valence-corrected chi connectivity index (χ4v) is 1.98. The van der Waals surface area contributed by atoms with Crippen molar-refractivity contribution in [2.75, 3.05) is 0 Å². The molecule has 0 saturated carbocycles. The Bertz CT molecular complexity index is 629. The lowest BCUT2D eigenvalue weighted by Gasteiger charge is -2.09. The Morgan fingerprint density at radius 1 is 1.20 bits per heavy atom. The number of hydrogen-bond acceptors (Lipinski definition) is 3. The zero-order valence-corrected chi connectivity index (χ0v) is 11.6. The van der Waals surface area contributed by atoms with Crippen molar-refractivity contribution in [1.82, 2.24) is 0 Å². The number of carbonyl (C=O) groups excluding carboxylic acids is 1. The lowest BCUT2D eigenvalue weighted by atomic mass is 10.1. The molecule has 0 aliphatic carbocycles. The average Bonchev–Trinajstić information content (AvgIpc) is 2.46. The van der Waals surface area contributed by atoms with Crippen molar-refractivity contribution >= 4 is 17.5 Å². The average molecular weight is 291 g/mol. The van der Waals surface area contributed by atoms with Crippen LogP contribution in [0, 0.1) is 0 Å². The van der Waals surface area contributed by atoms with Gasteiger partial charge in [-0.15, -0.1) is 0 Å². The van der Waals surface area contributed by atoms with Crippen molar-refractivity contribution in [2.45, 2.75) is 13.2 Å². The molecule has 0 radical (unpaired) electrons. The minimum Gasteiger partial charge on any atom is -0.489 e. The van der Waals surface area contributed by atoms with Gasteiger partial charge in [0, 0.05) is 22.7 Å². The van der Waals surface area contributed by atoms with Crippen LogP contribution < -0.4 is 16.2 Å². The molecule has 0 bridgehead atoms. The van der Waals surface area contributed by atoms with E-state index in [4.69, 9.17) is 27.8 Å². The molecule has 0 unspecified atom stereocenters. The first-order chi connectivity index (χ1) is 9.60. The zero-order valence-electron chi connectivity index (χ0n) is 10.8. The monoisotopic (exact) mass is 290 g/mol. The highest BCUT2D eigenvalue weighted by Gasteiger charge is 2.06. The van der Waals surface area contributed by atoms with Crippen LogP contribution in [-0.4, -0.2) is 5.91 Å². The maximum atomic E-state index is 11.0. The van der Waals surface area contributed by atoms with Crippen LogP contribution in [0.25, 0.3) is 0 Å². The number of nitrogens with two attached hydrogens (primary N) is 2. The number of benzene rings is 2. The van der Waals surface area contributed by atoms with Gasteiger partial charge in [0.1, 0.15) is 12.4 Å². The Hall–Kier alpha value is -2.04. The van der Waals surface area contributed by atoms with Gasteiger partial charge in [0.05, 0.1) is 0 Å². The first kappa shape index (κ1) is 14.4. The van der Waals surface area contributed by atoms with E-state index < -0.39 is 5.91 Å². The highest BCUT2D eigenvalue weighted by atomic mass is 35.5. The van der Waals surface area contributed by atoms with E-state index >= 15 is 0 Å². The molecular weight excluding hydrogens is 276 g/mol. The van der Waals surface area contributed by atoms with Crippen molar-refractivity contribution in [2.24, 2.45) is 11.5 Å². The summed E-state index contributed by atoms with van der Waals surface area (Å²) in [6.07, 6.45) is 0. The first-order valence-electron chi connectivity index (χ1n) is 6.10. The van der Waals surface area contributed by atoms with Gasteiger partial charge >= 0.3 is 0 Å². The summed E-state index contributed by atoms with van der Waals surface area (Å²) in [7, 11) is 0. The quantitative estimate of drug-likeness (QED) is 0.888. The minimum absolute atomic E-state index is 0.311. The summed E-state index contributed by atoms with van der Waals surface area (Å²) < 4.78 is 5.66. The van der Waals surface area contributed by atoms with Gasteiger partial charge in [0.15, 0.2) is 0 Å². The molecule has 0 aliphatic heterocycles. The van der Waals surface area contributed by atoms with Crippen LogP contribution in [-0.2, 0) is 13.2 Å². The third-order valence-corrected chi connectivity index (χ3v) is 3.22. The zero-order chi connectivity index (χ0) is 14.5. The van der Waals surface area contributed by atoms with Crippen LogP contribution in [0.15, 0.2) is 42.5 Å². The smallest absolute Gasteiger partial charge is 0.248 e. The predicted octanol–water partition coefficient (Wildman–Crippen LogP) is 2.48. The Morgan fingerprint density at radius 3 is 2.65 bits per heavy atom. The van der Waals surface area contributed by atoms with Crippen molar-refractivity contribution in [3.8, 4) is 5.75 Å². The van der Waals surface area contributed by atoms with Crippen LogP contribution in [0.5, 0.6) is 5.75 Å². The SMILES string of the molecule is NCc1cccc(OCc2ccc(C(N)=O)cc2Cl)c1. The van der Waals surface area contributed by atoms with Gasteiger partial charge in [-0.2, -0.15) is 0 Å². The van der Waals surface area contributed by atoms with Gasteiger partial charge in [-0.1, -0.05) is 29.8 Å². The molecule has 2 aromatic rings. The maximum absolute atomic E-state index is 11.0. The summed E-state index contributed by atoms with van der Waals surface area (Å²) >= 11 is 6.09. The van der Waals surface area contributed by atoms with Crippen LogP contribution in [0.2, 0.25) is 5.02 Å². The molecule has 104 valence electrons. The second-order valence-electron chi connectivity index (χ2n) is 4.31. The number of carbonyl (C=O) groups is 1. The molecule has 4 N–H and O–H groups in total. The van der Waals surface area contributed by atoms with E-state index in [9.17, 15) is 4.79 Å². The van der Waals surface area contributed by atoms with E-state index in [-0.39, 0.29) is 0 Å². The molecule has 0 saturated heterocycles. The number of hydrogen-bond donors (Lipinski definition) is 2. The van der Waals surface area contributed by atoms with Crippen LogP contribution in [0.1, 0.15) is 21.5 Å². The largest absolute Gasteiger partial charge is 0.489 e. The molecule has 4 nitrogen and oxygen atoms in total. The third-order valence-electron chi connectivity index (χ3n) is 2.87. The number of primary amides is 1. The topological polar surface area (TPSA) is 78.3 Å². The molecule has 2 aromatic carbocycles. The summed E-state index contributed by atoms with van der Waals surface area (Å²) in [5.74, 6) is 0.220. The summed E-state index contributed by atoms with van der Waals surface area (Å²) in [5.41, 5.74) is 12.9. The van der Waals surface area contributed by atoms with E-state index in [1.54, 1.807) is 18.2 Å². The molecule has 1 amide bonds. The molecule has 5 heteroatoms. The van der Waals surface area contributed by atoms with Crippen LogP contribution >= 0.6 is 11.6 Å². The number of amides is 1. The van der Waals surface area contributed by atoms with Crippen LogP contribution in [0.3, 0.4) is 0 Å². The minimum atomic E-state index is -0.505. The number of ether oxygens (including phenoxy) is 1. The molecule has 0 atom stereocenters. The highest BCUT2D eigenvalue weighted by molar-refractivity contribution is 6.31. The Balaban J connectivity index is 2.08. The third kappa shape index (κ3) is 3.50. The second-order valence-corrected chi connectivity index (χ2v) is 4.72. The molecule has 0 heterocycles. The van der Waals surface area contributed by atoms with Crippen molar-refractivity contribution in [1.29, 1.82) is 0 Å². The fourth-order valence-electron chi connectivity index (χ4n) is 1.74. The van der Waals surface area contributed by atoms with E-state index in [1.165, 1.54) is 0 Å².